The topological polar surface area (TPSA) is 33.1 Å². The number of aromatic hydroxyl groups is 1. The molecule has 1 aromatic carbocycles. The molecule has 0 saturated carbocycles. The zero-order valence-electron chi connectivity index (χ0n) is 15.5. The number of pyridine rings is 1. The van der Waals surface area contributed by atoms with E-state index in [9.17, 15) is 5.11 Å². The van der Waals surface area contributed by atoms with Gasteiger partial charge in [0.2, 0.25) is 0 Å². The van der Waals surface area contributed by atoms with E-state index in [0.717, 1.165) is 22.9 Å². The number of aromatic nitrogens is 1. The molecule has 0 radical (unpaired) electrons. The third-order valence-corrected chi connectivity index (χ3v) is 4.90. The molecule has 0 fully saturated rings. The Labute approximate surface area is 156 Å². The quantitative estimate of drug-likeness (QED) is 0.447. The van der Waals surface area contributed by atoms with Gasteiger partial charge in [-0.15, -0.1) is 0 Å². The van der Waals surface area contributed by atoms with Crippen molar-refractivity contribution in [2.24, 2.45) is 0 Å². The molecule has 1 N–H and O–H groups in total. The van der Waals surface area contributed by atoms with Crippen LogP contribution in [0.4, 0.5) is 0 Å². The van der Waals surface area contributed by atoms with Gasteiger partial charge in [0.15, 0.2) is 0 Å². The van der Waals surface area contributed by atoms with Gasteiger partial charge in [0.25, 0.3) is 0 Å². The van der Waals surface area contributed by atoms with Gasteiger partial charge in [-0.3, -0.25) is 4.98 Å². The van der Waals surface area contributed by atoms with Gasteiger partial charge in [-0.05, 0) is 37.5 Å². The molecule has 0 spiro atoms. The van der Waals surface area contributed by atoms with Crippen molar-refractivity contribution in [1.29, 1.82) is 0 Å². The summed E-state index contributed by atoms with van der Waals surface area (Å²) in [6.07, 6.45) is 17.5. The summed E-state index contributed by atoms with van der Waals surface area (Å²) < 4.78 is 0. The second kappa shape index (κ2) is 10.5. The van der Waals surface area contributed by atoms with E-state index in [-0.39, 0.29) is 5.75 Å². The first-order chi connectivity index (χ1) is 12.1. The van der Waals surface area contributed by atoms with Crippen molar-refractivity contribution in [2.45, 2.75) is 71.6 Å². The van der Waals surface area contributed by atoms with Crippen LogP contribution in [0, 0.1) is 6.92 Å². The molecule has 0 bridgehead atoms. The Hall–Kier alpha value is -1.54. The normalized spacial score (nSPS) is 11.6. The van der Waals surface area contributed by atoms with Crippen LogP contribution in [0.3, 0.4) is 0 Å². The summed E-state index contributed by atoms with van der Waals surface area (Å²) in [5, 5.41) is 11.9. The molecule has 1 heterocycles. The number of benzene rings is 1. The highest BCUT2D eigenvalue weighted by Crippen LogP contribution is 2.34. The zero-order valence-corrected chi connectivity index (χ0v) is 16.3. The van der Waals surface area contributed by atoms with Crippen LogP contribution >= 0.6 is 11.6 Å². The lowest BCUT2D eigenvalue weighted by Gasteiger charge is -2.07. The molecule has 0 atom stereocenters. The van der Waals surface area contributed by atoms with Gasteiger partial charge in [-0.25, -0.2) is 0 Å². The van der Waals surface area contributed by atoms with E-state index in [1.54, 1.807) is 6.20 Å². The predicted molar refractivity (Wildman–Crippen MR) is 109 cm³/mol. The van der Waals surface area contributed by atoms with Crippen molar-refractivity contribution in [3.05, 3.63) is 40.6 Å². The summed E-state index contributed by atoms with van der Waals surface area (Å²) in [6, 6.07) is 3.78. The number of hydrogen-bond donors (Lipinski definition) is 1. The minimum atomic E-state index is 0.214. The van der Waals surface area contributed by atoms with Crippen LogP contribution in [-0.4, -0.2) is 10.1 Å². The maximum atomic E-state index is 10.4. The Balaban J connectivity index is 1.83. The second-order valence-corrected chi connectivity index (χ2v) is 7.28. The third-order valence-electron chi connectivity index (χ3n) is 4.58. The van der Waals surface area contributed by atoms with Crippen LogP contribution in [0.5, 0.6) is 5.75 Å². The fourth-order valence-electron chi connectivity index (χ4n) is 3.09. The average Bonchev–Trinajstić information content (AvgIpc) is 2.60. The van der Waals surface area contributed by atoms with Crippen molar-refractivity contribution in [1.82, 2.24) is 4.98 Å². The molecular weight excluding hydrogens is 330 g/mol. The van der Waals surface area contributed by atoms with Gasteiger partial charge in [0, 0.05) is 17.1 Å². The van der Waals surface area contributed by atoms with Gasteiger partial charge in [-0.1, -0.05) is 75.6 Å². The van der Waals surface area contributed by atoms with Gasteiger partial charge < -0.3 is 5.11 Å². The number of phenolic OH excluding ortho intramolecular Hbond substituents is 1. The molecule has 2 nitrogen and oxygen atoms in total. The van der Waals surface area contributed by atoms with Crippen molar-refractivity contribution in [2.75, 3.05) is 0 Å². The third kappa shape index (κ3) is 6.04. The van der Waals surface area contributed by atoms with Crippen LogP contribution in [0.1, 0.15) is 75.8 Å². The van der Waals surface area contributed by atoms with Gasteiger partial charge in [0.1, 0.15) is 11.3 Å². The van der Waals surface area contributed by atoms with E-state index >= 15 is 0 Å². The van der Waals surface area contributed by atoms with E-state index < -0.39 is 0 Å². The summed E-state index contributed by atoms with van der Waals surface area (Å²) in [7, 11) is 0. The number of hydrogen-bond acceptors (Lipinski definition) is 2. The molecule has 25 heavy (non-hydrogen) atoms. The summed E-state index contributed by atoms with van der Waals surface area (Å²) in [4.78, 5) is 4.33. The molecule has 0 aliphatic heterocycles. The maximum absolute atomic E-state index is 10.4. The average molecular weight is 360 g/mol. The monoisotopic (exact) mass is 359 g/mol. The van der Waals surface area contributed by atoms with Crippen molar-refractivity contribution < 1.29 is 5.11 Å². The molecule has 1 aromatic heterocycles. The Morgan fingerprint density at radius 3 is 2.44 bits per heavy atom. The highest BCUT2D eigenvalue weighted by molar-refractivity contribution is 6.35. The summed E-state index contributed by atoms with van der Waals surface area (Å²) >= 11 is 6.35. The fraction of sp³-hybridized carbons (Fsp3) is 0.500. The standard InChI is InChI=1S/C22H30ClNO/c1-3-4-5-6-7-8-9-10-11-12-13-18-15-20(23)19-14-17(2)16-24-21(19)22(18)25/h12-16,25H,3-11H2,1-2H3. The number of aryl methyl sites for hydroxylation is 1. The van der Waals surface area contributed by atoms with Crippen molar-refractivity contribution in [3.8, 4) is 5.75 Å². The zero-order chi connectivity index (χ0) is 18.1. The predicted octanol–water partition coefficient (Wildman–Crippen LogP) is 7.45. The Morgan fingerprint density at radius 1 is 1.04 bits per heavy atom. The van der Waals surface area contributed by atoms with Crippen LogP contribution in [-0.2, 0) is 0 Å². The Bertz CT molecular complexity index is 709. The highest BCUT2D eigenvalue weighted by Gasteiger charge is 2.10. The number of phenols is 1. The van der Waals surface area contributed by atoms with Crippen LogP contribution in [0.2, 0.25) is 5.02 Å². The number of allylic oxidation sites excluding steroid dienone is 1. The fourth-order valence-corrected chi connectivity index (χ4v) is 3.35. The van der Waals surface area contributed by atoms with E-state index in [4.69, 9.17) is 11.6 Å². The molecule has 3 heteroatoms. The van der Waals surface area contributed by atoms with Gasteiger partial charge in [-0.2, -0.15) is 0 Å². The lowest BCUT2D eigenvalue weighted by Crippen LogP contribution is -1.86. The highest BCUT2D eigenvalue weighted by atomic mass is 35.5. The maximum Gasteiger partial charge on any atom is 0.149 e. The Morgan fingerprint density at radius 2 is 1.72 bits per heavy atom. The molecule has 136 valence electrons. The minimum Gasteiger partial charge on any atom is -0.505 e. The van der Waals surface area contributed by atoms with E-state index in [0.29, 0.717) is 10.5 Å². The first-order valence-corrected chi connectivity index (χ1v) is 9.95. The molecule has 0 aliphatic rings. The molecule has 0 amide bonds. The van der Waals surface area contributed by atoms with Crippen molar-refractivity contribution >= 4 is 28.6 Å². The number of nitrogens with zero attached hydrogens (tertiary/aromatic N) is 1. The summed E-state index contributed by atoms with van der Waals surface area (Å²) in [6.45, 7) is 4.22. The lowest BCUT2D eigenvalue weighted by molar-refractivity contribution is 0.479. The molecule has 0 saturated heterocycles. The number of rotatable bonds is 10. The van der Waals surface area contributed by atoms with Crippen LogP contribution in [0.25, 0.3) is 17.0 Å². The first kappa shape index (κ1) is 19.8. The van der Waals surface area contributed by atoms with Crippen LogP contribution < -0.4 is 0 Å². The SMILES string of the molecule is CCCCCCCCCCC=Cc1cc(Cl)c2cc(C)cnc2c1O. The second-order valence-electron chi connectivity index (χ2n) is 6.87. The van der Waals surface area contributed by atoms with Crippen LogP contribution in [0.15, 0.2) is 24.4 Å². The van der Waals surface area contributed by atoms with Crippen molar-refractivity contribution in [3.63, 3.8) is 0 Å². The van der Waals surface area contributed by atoms with Gasteiger partial charge in [0.05, 0.1) is 5.02 Å². The Kier molecular flexibility index (Phi) is 8.27. The molecule has 0 unspecified atom stereocenters. The molecule has 2 rings (SSSR count). The number of fused-ring (bicyclic) bond motifs is 1. The summed E-state index contributed by atoms with van der Waals surface area (Å²) in [5.74, 6) is 0.214. The largest absolute Gasteiger partial charge is 0.505 e. The number of halogens is 1. The first-order valence-electron chi connectivity index (χ1n) is 9.58. The van der Waals surface area contributed by atoms with E-state index in [1.165, 1.54) is 51.4 Å². The lowest BCUT2D eigenvalue weighted by atomic mass is 10.1. The number of unbranched alkanes of at least 4 members (excludes halogenated alkanes) is 8. The molecular formula is C22H30ClNO. The minimum absolute atomic E-state index is 0.214. The smallest absolute Gasteiger partial charge is 0.149 e. The van der Waals surface area contributed by atoms with E-state index in [1.807, 2.05) is 25.1 Å². The molecule has 0 aliphatic carbocycles. The van der Waals surface area contributed by atoms with Gasteiger partial charge >= 0.3 is 0 Å². The summed E-state index contributed by atoms with van der Waals surface area (Å²) in [5.41, 5.74) is 2.35. The molecule has 2 aromatic rings. The van der Waals surface area contributed by atoms with E-state index in [2.05, 4.69) is 18.0 Å².